The maximum Gasteiger partial charge on any atom is 0.317 e. The minimum Gasteiger partial charge on any atom is -0.383 e. The Hall–Kier alpha value is -3.16. The second kappa shape index (κ2) is 8.09. The first-order valence-corrected chi connectivity index (χ1v) is 8.12. The number of urea groups is 1. The Bertz CT molecular complexity index is 737. The molecule has 3 heterocycles. The Morgan fingerprint density at radius 2 is 2.24 bits per heavy atom. The SMILES string of the molecule is O=C(NCc1cccnc1)c1cc(NCCN2CCNC2=O)ccn1. The molecule has 0 unspecified atom stereocenters. The second-order valence-electron chi connectivity index (χ2n) is 5.62. The molecule has 130 valence electrons. The van der Waals surface area contributed by atoms with Gasteiger partial charge in [-0.15, -0.1) is 0 Å². The van der Waals surface area contributed by atoms with Gasteiger partial charge in [-0.3, -0.25) is 14.8 Å². The number of carbonyl (C=O) groups excluding carboxylic acids is 2. The number of hydrogen-bond donors (Lipinski definition) is 3. The molecular formula is C17H20N6O2. The van der Waals surface area contributed by atoms with E-state index < -0.39 is 0 Å². The van der Waals surface area contributed by atoms with Gasteiger partial charge in [0.15, 0.2) is 0 Å². The zero-order chi connectivity index (χ0) is 17.5. The fourth-order valence-electron chi connectivity index (χ4n) is 2.50. The summed E-state index contributed by atoms with van der Waals surface area (Å²) in [5.74, 6) is -0.244. The van der Waals surface area contributed by atoms with Gasteiger partial charge in [0, 0.05) is 57.0 Å². The van der Waals surface area contributed by atoms with E-state index in [9.17, 15) is 9.59 Å². The summed E-state index contributed by atoms with van der Waals surface area (Å²) in [6, 6.07) is 7.18. The number of nitrogens with one attached hydrogen (secondary N) is 3. The maximum absolute atomic E-state index is 12.2. The summed E-state index contributed by atoms with van der Waals surface area (Å²) >= 11 is 0. The number of nitrogens with zero attached hydrogens (tertiary/aromatic N) is 3. The molecular weight excluding hydrogens is 320 g/mol. The molecule has 0 bridgehead atoms. The van der Waals surface area contributed by atoms with Crippen molar-refractivity contribution in [2.24, 2.45) is 0 Å². The topological polar surface area (TPSA) is 99.3 Å². The van der Waals surface area contributed by atoms with E-state index in [1.165, 1.54) is 0 Å². The lowest BCUT2D eigenvalue weighted by molar-refractivity contribution is 0.0946. The minimum absolute atomic E-state index is 0.0352. The fraction of sp³-hybridized carbons (Fsp3) is 0.294. The lowest BCUT2D eigenvalue weighted by Gasteiger charge is -2.15. The molecule has 0 aliphatic carbocycles. The maximum atomic E-state index is 12.2. The van der Waals surface area contributed by atoms with Crippen LogP contribution in [-0.4, -0.2) is 53.0 Å². The highest BCUT2D eigenvalue weighted by Crippen LogP contribution is 2.08. The highest BCUT2D eigenvalue weighted by atomic mass is 16.2. The zero-order valence-corrected chi connectivity index (χ0v) is 13.7. The Labute approximate surface area is 145 Å². The van der Waals surface area contributed by atoms with Crippen LogP contribution in [0.5, 0.6) is 0 Å². The van der Waals surface area contributed by atoms with Gasteiger partial charge in [0.1, 0.15) is 5.69 Å². The van der Waals surface area contributed by atoms with Crippen LogP contribution in [0.1, 0.15) is 16.1 Å². The van der Waals surface area contributed by atoms with Gasteiger partial charge in [0.25, 0.3) is 5.91 Å². The number of carbonyl (C=O) groups is 2. The molecule has 3 rings (SSSR count). The van der Waals surface area contributed by atoms with Gasteiger partial charge in [-0.2, -0.15) is 0 Å². The summed E-state index contributed by atoms with van der Waals surface area (Å²) in [6.07, 6.45) is 4.98. The van der Waals surface area contributed by atoms with E-state index in [0.717, 1.165) is 17.8 Å². The molecule has 1 aliphatic heterocycles. The highest BCUT2D eigenvalue weighted by Gasteiger charge is 2.18. The van der Waals surface area contributed by atoms with Crippen LogP contribution in [0, 0.1) is 0 Å². The van der Waals surface area contributed by atoms with E-state index >= 15 is 0 Å². The van der Waals surface area contributed by atoms with Crippen LogP contribution in [0.25, 0.3) is 0 Å². The van der Waals surface area contributed by atoms with Crippen LogP contribution in [0.15, 0.2) is 42.9 Å². The van der Waals surface area contributed by atoms with Crippen molar-refractivity contribution in [3.63, 3.8) is 0 Å². The molecule has 1 saturated heterocycles. The first-order chi connectivity index (χ1) is 12.2. The predicted molar refractivity (Wildman–Crippen MR) is 93.1 cm³/mol. The minimum atomic E-state index is -0.244. The van der Waals surface area contributed by atoms with Crippen molar-refractivity contribution in [1.82, 2.24) is 25.5 Å². The van der Waals surface area contributed by atoms with Gasteiger partial charge in [-0.25, -0.2) is 4.79 Å². The van der Waals surface area contributed by atoms with Gasteiger partial charge >= 0.3 is 6.03 Å². The van der Waals surface area contributed by atoms with Crippen molar-refractivity contribution in [2.45, 2.75) is 6.54 Å². The normalized spacial score (nSPS) is 13.4. The van der Waals surface area contributed by atoms with Crippen molar-refractivity contribution < 1.29 is 9.59 Å². The molecule has 2 aromatic heterocycles. The standard InChI is InChI=1S/C17H20N6O2/c24-16(22-12-13-2-1-4-18-11-13)15-10-14(3-5-20-15)19-6-8-23-9-7-21-17(23)25/h1-5,10-11H,6-9,12H2,(H,19,20)(H,21,25)(H,22,24). The van der Waals surface area contributed by atoms with Crippen LogP contribution in [0.2, 0.25) is 0 Å². The zero-order valence-electron chi connectivity index (χ0n) is 13.7. The molecule has 0 atom stereocenters. The van der Waals surface area contributed by atoms with Crippen molar-refractivity contribution >= 4 is 17.6 Å². The largest absolute Gasteiger partial charge is 0.383 e. The summed E-state index contributed by atoms with van der Waals surface area (Å²) in [6.45, 7) is 3.02. The summed E-state index contributed by atoms with van der Waals surface area (Å²) in [5, 5.41) is 8.79. The second-order valence-corrected chi connectivity index (χ2v) is 5.62. The Morgan fingerprint density at radius 3 is 3.00 bits per heavy atom. The third-order valence-electron chi connectivity index (χ3n) is 3.82. The summed E-state index contributed by atoms with van der Waals surface area (Å²) in [7, 11) is 0. The number of rotatable bonds is 7. The van der Waals surface area contributed by atoms with Crippen LogP contribution >= 0.6 is 0 Å². The molecule has 8 heteroatoms. The lowest BCUT2D eigenvalue weighted by atomic mass is 10.2. The molecule has 25 heavy (non-hydrogen) atoms. The third kappa shape index (κ3) is 4.66. The average Bonchev–Trinajstić information content (AvgIpc) is 3.06. The highest BCUT2D eigenvalue weighted by molar-refractivity contribution is 5.93. The van der Waals surface area contributed by atoms with E-state index in [1.54, 1.807) is 35.6 Å². The first-order valence-electron chi connectivity index (χ1n) is 8.12. The van der Waals surface area contributed by atoms with E-state index in [0.29, 0.717) is 31.9 Å². The smallest absolute Gasteiger partial charge is 0.317 e. The van der Waals surface area contributed by atoms with Gasteiger partial charge in [0.2, 0.25) is 0 Å². The molecule has 0 spiro atoms. The van der Waals surface area contributed by atoms with E-state index in [-0.39, 0.29) is 11.9 Å². The molecule has 8 nitrogen and oxygen atoms in total. The molecule has 1 fully saturated rings. The number of hydrogen-bond acceptors (Lipinski definition) is 5. The van der Waals surface area contributed by atoms with Crippen LogP contribution in [0.3, 0.4) is 0 Å². The molecule has 3 amide bonds. The molecule has 0 aromatic carbocycles. The van der Waals surface area contributed by atoms with Gasteiger partial charge < -0.3 is 20.9 Å². The molecule has 0 radical (unpaired) electrons. The van der Waals surface area contributed by atoms with Crippen molar-refractivity contribution in [2.75, 3.05) is 31.5 Å². The molecule has 3 N–H and O–H groups in total. The fourth-order valence-corrected chi connectivity index (χ4v) is 2.50. The number of pyridine rings is 2. The average molecular weight is 340 g/mol. The van der Waals surface area contributed by atoms with Crippen LogP contribution in [-0.2, 0) is 6.54 Å². The first kappa shape index (κ1) is 16.7. The van der Waals surface area contributed by atoms with Gasteiger partial charge in [0.05, 0.1) is 0 Å². The molecule has 2 aromatic rings. The van der Waals surface area contributed by atoms with E-state index in [1.807, 2.05) is 12.1 Å². The lowest BCUT2D eigenvalue weighted by Crippen LogP contribution is -2.32. The molecule has 0 saturated carbocycles. The Balaban J connectivity index is 1.50. The summed E-state index contributed by atoms with van der Waals surface area (Å²) in [5.41, 5.74) is 2.06. The molecule has 1 aliphatic rings. The van der Waals surface area contributed by atoms with Crippen LogP contribution in [0.4, 0.5) is 10.5 Å². The quantitative estimate of drug-likeness (QED) is 0.694. The Morgan fingerprint density at radius 1 is 1.32 bits per heavy atom. The van der Waals surface area contributed by atoms with E-state index in [2.05, 4.69) is 25.9 Å². The van der Waals surface area contributed by atoms with E-state index in [4.69, 9.17) is 0 Å². The van der Waals surface area contributed by atoms with Gasteiger partial charge in [-0.05, 0) is 23.8 Å². The van der Waals surface area contributed by atoms with Gasteiger partial charge in [-0.1, -0.05) is 6.07 Å². The van der Waals surface area contributed by atoms with Crippen molar-refractivity contribution in [3.05, 3.63) is 54.1 Å². The summed E-state index contributed by atoms with van der Waals surface area (Å²) < 4.78 is 0. The van der Waals surface area contributed by atoms with Crippen molar-refractivity contribution in [3.8, 4) is 0 Å². The summed E-state index contributed by atoms with van der Waals surface area (Å²) in [4.78, 5) is 33.5. The van der Waals surface area contributed by atoms with Crippen molar-refractivity contribution in [1.29, 1.82) is 0 Å². The third-order valence-corrected chi connectivity index (χ3v) is 3.82. The predicted octanol–water partition coefficient (Wildman–Crippen LogP) is 0.844. The number of amides is 3. The monoisotopic (exact) mass is 340 g/mol. The number of anilines is 1. The number of aromatic nitrogens is 2. The van der Waals surface area contributed by atoms with Crippen LogP contribution < -0.4 is 16.0 Å². The Kier molecular flexibility index (Phi) is 5.40.